The number of anilines is 1. The molecule has 3 heterocycles. The monoisotopic (exact) mass is 549 g/mol. The van der Waals surface area contributed by atoms with Crippen LogP contribution in [0, 0.1) is 20.8 Å². The van der Waals surface area contributed by atoms with Crippen LogP contribution in [-0.4, -0.2) is 40.0 Å². The van der Waals surface area contributed by atoms with Gasteiger partial charge in [-0.25, -0.2) is 9.97 Å². The van der Waals surface area contributed by atoms with Crippen molar-refractivity contribution in [2.75, 3.05) is 18.1 Å². The van der Waals surface area contributed by atoms with E-state index < -0.39 is 23.5 Å². The molecule has 1 aliphatic rings. The maximum Gasteiger partial charge on any atom is 0.296 e. The van der Waals surface area contributed by atoms with Gasteiger partial charge in [0.05, 0.1) is 50.6 Å². The van der Waals surface area contributed by atoms with Gasteiger partial charge in [-0.15, -0.1) is 11.3 Å². The van der Waals surface area contributed by atoms with E-state index >= 15 is 0 Å². The minimum atomic E-state index is -0.923. The number of benzene rings is 2. The van der Waals surface area contributed by atoms with E-state index in [1.54, 1.807) is 25.1 Å². The van der Waals surface area contributed by atoms with Gasteiger partial charge in [0.15, 0.2) is 22.4 Å². The molecule has 0 fully saturated rings. The zero-order chi connectivity index (χ0) is 27.1. The Morgan fingerprint density at radius 3 is 2.42 bits per heavy atom. The van der Waals surface area contributed by atoms with E-state index in [4.69, 9.17) is 14.5 Å². The molecule has 1 amide bonds. The lowest BCUT2D eigenvalue weighted by Gasteiger charge is -2.25. The van der Waals surface area contributed by atoms with Gasteiger partial charge in [0.25, 0.3) is 5.91 Å². The highest BCUT2D eigenvalue weighted by Gasteiger charge is 2.46. The number of ether oxygens (including phenoxy) is 2. The van der Waals surface area contributed by atoms with Crippen molar-refractivity contribution in [3.05, 3.63) is 74.4 Å². The second-order valence-corrected chi connectivity index (χ2v) is 11.1. The van der Waals surface area contributed by atoms with Crippen molar-refractivity contribution in [2.24, 2.45) is 0 Å². The lowest BCUT2D eigenvalue weighted by Crippen LogP contribution is -2.31. The van der Waals surface area contributed by atoms with E-state index in [9.17, 15) is 14.7 Å². The van der Waals surface area contributed by atoms with E-state index in [2.05, 4.69) is 4.98 Å². The van der Waals surface area contributed by atoms with Crippen molar-refractivity contribution in [3.8, 4) is 11.5 Å². The molecule has 0 aliphatic carbocycles. The second-order valence-electron chi connectivity index (χ2n) is 8.86. The molecule has 10 heteroatoms. The fraction of sp³-hybridized carbons (Fsp3) is 0.286. The first-order valence-electron chi connectivity index (χ1n) is 12.3. The summed E-state index contributed by atoms with van der Waals surface area (Å²) in [5.74, 6) is -0.663. The molecule has 1 unspecified atom stereocenters. The van der Waals surface area contributed by atoms with Crippen molar-refractivity contribution in [3.63, 3.8) is 0 Å². The molecule has 2 aromatic carbocycles. The minimum absolute atomic E-state index is 0.0104. The number of hydrogen-bond acceptors (Lipinski definition) is 9. The molecule has 4 aromatic rings. The summed E-state index contributed by atoms with van der Waals surface area (Å²) >= 11 is 2.57. The molecule has 0 bridgehead atoms. The molecule has 8 nitrogen and oxygen atoms in total. The Labute approximate surface area is 228 Å². The number of Topliss-reactive ketones (excluding diaryl/α,β-unsaturated/α-hetero) is 1. The molecule has 38 heavy (non-hydrogen) atoms. The lowest BCUT2D eigenvalue weighted by atomic mass is 9.95. The Balaban J connectivity index is 1.70. The van der Waals surface area contributed by atoms with Gasteiger partial charge in [0, 0.05) is 0 Å². The highest BCUT2D eigenvalue weighted by atomic mass is 32.1. The van der Waals surface area contributed by atoms with Gasteiger partial charge in [-0.3, -0.25) is 14.5 Å². The van der Waals surface area contributed by atoms with Gasteiger partial charge in [0.2, 0.25) is 5.78 Å². The van der Waals surface area contributed by atoms with Gasteiger partial charge in [-0.05, 0) is 70.0 Å². The van der Waals surface area contributed by atoms with Gasteiger partial charge >= 0.3 is 0 Å². The Kier molecular flexibility index (Phi) is 6.93. The summed E-state index contributed by atoms with van der Waals surface area (Å²) in [5.41, 5.74) is 2.94. The standard InChI is InChI=1S/C28H27N3O5S2/c1-6-35-19-11-9-17(13-20(19)36-7-2)23-22(24(32)26-15(4)29-16(5)37-26)25(33)27(34)31(23)28-30-18-10-8-14(3)12-21(18)38-28/h8-13,23,33H,6-7H2,1-5H3. The predicted octanol–water partition coefficient (Wildman–Crippen LogP) is 6.26. The zero-order valence-corrected chi connectivity index (χ0v) is 23.3. The molecular formula is C28H27N3O5S2. The Morgan fingerprint density at radius 1 is 1.00 bits per heavy atom. The SMILES string of the molecule is CCOc1ccc(C2C(C(=O)c3sc(C)nc3C)=C(O)C(=O)N2c2nc3ccc(C)cc3s2)cc1OCC. The molecule has 0 spiro atoms. The summed E-state index contributed by atoms with van der Waals surface area (Å²) in [6, 6.07) is 10.2. The van der Waals surface area contributed by atoms with E-state index in [0.717, 1.165) is 20.8 Å². The summed E-state index contributed by atoms with van der Waals surface area (Å²) in [6.07, 6.45) is 0. The maximum absolute atomic E-state index is 13.9. The van der Waals surface area contributed by atoms with Gasteiger partial charge in [0.1, 0.15) is 0 Å². The van der Waals surface area contributed by atoms with Gasteiger partial charge in [-0.1, -0.05) is 23.5 Å². The molecule has 1 aliphatic heterocycles. The molecule has 0 saturated carbocycles. The molecule has 0 saturated heterocycles. The van der Waals surface area contributed by atoms with E-state index in [0.29, 0.717) is 46.0 Å². The van der Waals surface area contributed by atoms with Crippen LogP contribution in [-0.2, 0) is 4.79 Å². The highest BCUT2D eigenvalue weighted by Crippen LogP contribution is 2.46. The van der Waals surface area contributed by atoms with E-state index in [-0.39, 0.29) is 5.57 Å². The number of ketones is 1. The first kappa shape index (κ1) is 25.9. The first-order chi connectivity index (χ1) is 18.2. The summed E-state index contributed by atoms with van der Waals surface area (Å²) < 4.78 is 12.5. The van der Waals surface area contributed by atoms with Gasteiger partial charge in [-0.2, -0.15) is 0 Å². The molecule has 1 N–H and O–H groups in total. The van der Waals surface area contributed by atoms with E-state index in [1.807, 2.05) is 45.9 Å². The van der Waals surface area contributed by atoms with Crippen LogP contribution in [0.25, 0.3) is 10.2 Å². The van der Waals surface area contributed by atoms with Crippen LogP contribution in [0.15, 0.2) is 47.7 Å². The number of aromatic nitrogens is 2. The average Bonchev–Trinajstić information content (AvgIpc) is 3.52. The predicted molar refractivity (Wildman–Crippen MR) is 149 cm³/mol. The summed E-state index contributed by atoms with van der Waals surface area (Å²) in [7, 11) is 0. The third-order valence-electron chi connectivity index (χ3n) is 6.18. The molecular weight excluding hydrogens is 522 g/mol. The fourth-order valence-corrected chi connectivity index (χ4v) is 6.54. The largest absolute Gasteiger partial charge is 0.503 e. The van der Waals surface area contributed by atoms with Crippen molar-refractivity contribution < 1.29 is 24.2 Å². The molecule has 5 rings (SSSR count). The second kappa shape index (κ2) is 10.2. The number of fused-ring (bicyclic) bond motifs is 1. The number of aryl methyl sites for hydroxylation is 3. The van der Waals surface area contributed by atoms with Crippen LogP contribution in [0.2, 0.25) is 0 Å². The summed E-state index contributed by atoms with van der Waals surface area (Å²) in [6.45, 7) is 10.2. The van der Waals surface area contributed by atoms with Crippen LogP contribution in [0.5, 0.6) is 11.5 Å². The Hall–Kier alpha value is -3.76. The number of thiazole rings is 2. The van der Waals surface area contributed by atoms with Crippen LogP contribution in [0.4, 0.5) is 5.13 Å². The number of rotatable bonds is 8. The van der Waals surface area contributed by atoms with E-state index in [1.165, 1.54) is 27.6 Å². The highest BCUT2D eigenvalue weighted by molar-refractivity contribution is 7.22. The number of carbonyl (C=O) groups excluding carboxylic acids is 2. The molecule has 196 valence electrons. The third kappa shape index (κ3) is 4.43. The molecule has 2 aromatic heterocycles. The number of nitrogens with zero attached hydrogens (tertiary/aromatic N) is 3. The number of aliphatic hydroxyl groups is 1. The summed E-state index contributed by atoms with van der Waals surface area (Å²) in [5, 5.41) is 12.3. The lowest BCUT2D eigenvalue weighted by molar-refractivity contribution is -0.117. The first-order valence-corrected chi connectivity index (χ1v) is 13.9. The summed E-state index contributed by atoms with van der Waals surface area (Å²) in [4.78, 5) is 38.4. The number of hydrogen-bond donors (Lipinski definition) is 1. The maximum atomic E-state index is 13.9. The van der Waals surface area contributed by atoms with Crippen LogP contribution in [0.3, 0.4) is 0 Å². The Morgan fingerprint density at radius 2 is 1.74 bits per heavy atom. The Bertz CT molecular complexity index is 1600. The van der Waals surface area contributed by atoms with Gasteiger partial charge < -0.3 is 14.6 Å². The number of carbonyl (C=O) groups is 2. The molecule has 1 atom stereocenters. The normalized spacial score (nSPS) is 15.6. The number of amides is 1. The van der Waals surface area contributed by atoms with Crippen molar-refractivity contribution in [2.45, 2.75) is 40.7 Å². The zero-order valence-electron chi connectivity index (χ0n) is 21.7. The average molecular weight is 550 g/mol. The topological polar surface area (TPSA) is 102 Å². The third-order valence-corrected chi connectivity index (χ3v) is 8.27. The quantitative estimate of drug-likeness (QED) is 0.259. The van der Waals surface area contributed by atoms with Crippen LogP contribution >= 0.6 is 22.7 Å². The van der Waals surface area contributed by atoms with Crippen LogP contribution in [0.1, 0.15) is 51.4 Å². The molecule has 0 radical (unpaired) electrons. The van der Waals surface area contributed by atoms with Crippen molar-refractivity contribution in [1.29, 1.82) is 0 Å². The number of aliphatic hydroxyl groups excluding tert-OH is 1. The fourth-order valence-electron chi connectivity index (χ4n) is 4.57. The van der Waals surface area contributed by atoms with Crippen molar-refractivity contribution in [1.82, 2.24) is 9.97 Å². The minimum Gasteiger partial charge on any atom is -0.503 e. The van der Waals surface area contributed by atoms with Crippen LogP contribution < -0.4 is 14.4 Å². The smallest absolute Gasteiger partial charge is 0.296 e. The van der Waals surface area contributed by atoms with Crippen molar-refractivity contribution >= 4 is 49.7 Å².